The van der Waals surface area contributed by atoms with Crippen LogP contribution in [0.2, 0.25) is 0 Å². The van der Waals surface area contributed by atoms with Crippen molar-refractivity contribution in [1.29, 1.82) is 0 Å². The van der Waals surface area contributed by atoms with Crippen molar-refractivity contribution in [3.8, 4) is 5.75 Å². The predicted octanol–water partition coefficient (Wildman–Crippen LogP) is 0.506. The lowest BCUT2D eigenvalue weighted by Gasteiger charge is -2.25. The van der Waals surface area contributed by atoms with E-state index in [0.29, 0.717) is 30.6 Å². The fraction of sp³-hybridized carbons (Fsp3) is 0.353. The van der Waals surface area contributed by atoms with Gasteiger partial charge >= 0.3 is 0 Å². The average Bonchev–Trinajstić information content (AvgIpc) is 3.47. The first kappa shape index (κ1) is 33.9. The van der Waals surface area contributed by atoms with Crippen molar-refractivity contribution in [3.05, 3.63) is 93.3 Å². The topological polar surface area (TPSA) is 224 Å². The number of H-pyrrole nitrogens is 2. The number of phenols is 1. The van der Waals surface area contributed by atoms with Crippen LogP contribution in [0.25, 0.3) is 10.9 Å². The number of benzene rings is 2. The first-order valence-electron chi connectivity index (χ1n) is 15.9. The molecule has 14 nitrogen and oxygen atoms in total. The molecule has 0 fully saturated rings. The number of fused-ring (bicyclic) bond motifs is 15. The second kappa shape index (κ2) is 15.4. The molecule has 252 valence electrons. The zero-order chi connectivity index (χ0) is 34.2. The normalized spacial score (nSPS) is 19.3. The second-order valence-electron chi connectivity index (χ2n) is 11.9. The first-order chi connectivity index (χ1) is 23.1. The van der Waals surface area contributed by atoms with E-state index in [1.54, 1.807) is 25.3 Å². The highest BCUT2D eigenvalue weighted by atomic mass is 16.3. The van der Waals surface area contributed by atoms with Gasteiger partial charge in [-0.3, -0.25) is 24.0 Å². The van der Waals surface area contributed by atoms with Gasteiger partial charge in [-0.1, -0.05) is 30.3 Å². The Kier molecular flexibility index (Phi) is 10.9. The minimum atomic E-state index is -1.14. The number of nitrogens with two attached hydrogens (primary N) is 1. The highest BCUT2D eigenvalue weighted by Gasteiger charge is 2.31. The lowest BCUT2D eigenvalue weighted by molar-refractivity contribution is -0.133. The van der Waals surface area contributed by atoms with E-state index in [9.17, 15) is 29.1 Å². The Morgan fingerprint density at radius 1 is 0.854 bits per heavy atom. The van der Waals surface area contributed by atoms with Crippen LogP contribution in [0.4, 0.5) is 0 Å². The van der Waals surface area contributed by atoms with Crippen LogP contribution in [0.3, 0.4) is 0 Å². The number of aryl methyl sites for hydroxylation is 1. The molecule has 9 N–H and O–H groups in total. The number of carbonyl (C=O) groups is 4. The molecule has 3 atom stereocenters. The number of aromatic nitrogens is 3. The standard InChI is InChI=1S/C34H40N8O6/c1-19-26-16-30(44)39-27(14-20-9-11-22(43)12-10-20)32(46)42-28(15-21-17-36-24-7-3-2-6-23(21)24)33(47)40-25(8-4-5-13-35)31(45)37-18-29(38-19)34(48)41-26/h2-3,6-7,9-12,17,25,27-28,36,43H,4-5,8,13-16,18,35H2,1H3,(H,37,45)(H,39,44)(H,40,47)(H,41,48)(H,42,46)/t25-,27-,28-/m0/s1. The van der Waals surface area contributed by atoms with Gasteiger partial charge in [-0.2, -0.15) is 0 Å². The molecule has 2 aromatic carbocycles. The van der Waals surface area contributed by atoms with Crippen molar-refractivity contribution in [2.45, 2.75) is 70.1 Å². The van der Waals surface area contributed by atoms with E-state index in [-0.39, 0.29) is 49.4 Å². The number of hydrogen-bond acceptors (Lipinski definition) is 8. The van der Waals surface area contributed by atoms with Gasteiger partial charge in [-0.05, 0) is 62.1 Å². The maximum Gasteiger partial charge on any atom is 0.271 e. The summed E-state index contributed by atoms with van der Waals surface area (Å²) >= 11 is 0. The van der Waals surface area contributed by atoms with Crippen LogP contribution in [0.15, 0.2) is 59.5 Å². The molecule has 0 radical (unpaired) electrons. The number of unbranched alkanes of at least 4 members (excludes halogenated alkanes) is 1. The molecule has 2 bridgehead atoms. The Morgan fingerprint density at radius 3 is 2.31 bits per heavy atom. The number of nitrogens with one attached hydrogen (secondary N) is 6. The second-order valence-corrected chi connectivity index (χ2v) is 11.9. The number of amides is 4. The molecular weight excluding hydrogens is 616 g/mol. The molecule has 2 aliphatic heterocycles. The molecule has 4 heterocycles. The van der Waals surface area contributed by atoms with Crippen LogP contribution in [-0.4, -0.2) is 68.4 Å². The summed E-state index contributed by atoms with van der Waals surface area (Å²) in [5, 5.41) is 21.7. The molecule has 0 unspecified atom stereocenters. The number of para-hydroxylation sites is 1. The third-order valence-electron chi connectivity index (χ3n) is 8.37. The van der Waals surface area contributed by atoms with Crippen molar-refractivity contribution in [2.75, 3.05) is 6.54 Å². The van der Waals surface area contributed by atoms with Gasteiger partial charge in [0.1, 0.15) is 29.6 Å². The summed E-state index contributed by atoms with van der Waals surface area (Å²) in [6, 6.07) is 10.5. The van der Waals surface area contributed by atoms with E-state index in [0.717, 1.165) is 16.5 Å². The number of hydrogen-bond donors (Lipinski definition) is 8. The maximum atomic E-state index is 14.0. The summed E-state index contributed by atoms with van der Waals surface area (Å²) in [6.45, 7) is 1.83. The van der Waals surface area contributed by atoms with E-state index < -0.39 is 47.3 Å². The maximum absolute atomic E-state index is 14.0. The van der Waals surface area contributed by atoms with Gasteiger partial charge < -0.3 is 42.1 Å². The lowest BCUT2D eigenvalue weighted by Crippen LogP contribution is -2.57. The number of aromatic hydroxyl groups is 1. The van der Waals surface area contributed by atoms with Crippen LogP contribution >= 0.6 is 0 Å². The number of carbonyl (C=O) groups excluding carboxylic acids is 4. The molecule has 0 spiro atoms. The third-order valence-corrected chi connectivity index (χ3v) is 8.37. The Hall–Kier alpha value is -5.50. The molecule has 14 heteroatoms. The minimum absolute atomic E-state index is 0.0378. The van der Waals surface area contributed by atoms with E-state index >= 15 is 0 Å². The SMILES string of the molecule is Cc1nc2c(=O)[nH]c1CC(=O)N[C@@H](Cc1ccc(O)cc1)C(=O)N[C@@H](Cc1c[nH]c3ccccc13)C(=O)N[C@@H](CCCCN)C(=O)NC2. The Labute approximate surface area is 276 Å². The quantitative estimate of drug-likeness (QED) is 0.0983. The molecular formula is C34H40N8O6. The number of rotatable bonds is 8. The van der Waals surface area contributed by atoms with Crippen molar-refractivity contribution < 1.29 is 24.3 Å². The first-order valence-corrected chi connectivity index (χ1v) is 15.9. The van der Waals surface area contributed by atoms with Crippen LogP contribution < -0.4 is 32.6 Å². The van der Waals surface area contributed by atoms with Crippen LogP contribution in [0.5, 0.6) is 5.75 Å². The van der Waals surface area contributed by atoms with Gasteiger partial charge in [-0.15, -0.1) is 0 Å². The van der Waals surface area contributed by atoms with E-state index in [1.807, 2.05) is 24.3 Å². The highest BCUT2D eigenvalue weighted by Crippen LogP contribution is 2.20. The average molecular weight is 657 g/mol. The summed E-state index contributed by atoms with van der Waals surface area (Å²) in [5.74, 6) is -2.28. The Morgan fingerprint density at radius 2 is 1.56 bits per heavy atom. The van der Waals surface area contributed by atoms with Crippen molar-refractivity contribution in [3.63, 3.8) is 0 Å². The van der Waals surface area contributed by atoms with E-state index in [1.165, 1.54) is 12.1 Å². The van der Waals surface area contributed by atoms with Crippen molar-refractivity contribution in [2.24, 2.45) is 5.73 Å². The molecule has 6 rings (SSSR count). The summed E-state index contributed by atoms with van der Waals surface area (Å²) in [6.07, 6.45) is 3.05. The summed E-state index contributed by atoms with van der Waals surface area (Å²) in [4.78, 5) is 77.8. The molecule has 48 heavy (non-hydrogen) atoms. The van der Waals surface area contributed by atoms with Crippen LogP contribution in [0.1, 0.15) is 47.5 Å². The molecule has 0 aliphatic carbocycles. The van der Waals surface area contributed by atoms with E-state index in [4.69, 9.17) is 5.73 Å². The third kappa shape index (κ3) is 8.45. The van der Waals surface area contributed by atoms with Gasteiger partial charge in [0, 0.05) is 35.6 Å². The minimum Gasteiger partial charge on any atom is -0.508 e. The van der Waals surface area contributed by atoms with Crippen LogP contribution in [-0.2, 0) is 45.0 Å². The van der Waals surface area contributed by atoms with Gasteiger partial charge in [0.05, 0.1) is 18.7 Å². The van der Waals surface area contributed by atoms with Crippen molar-refractivity contribution in [1.82, 2.24) is 36.2 Å². The Balaban J connectivity index is 1.52. The molecule has 0 saturated carbocycles. The van der Waals surface area contributed by atoms with Crippen molar-refractivity contribution >= 4 is 34.5 Å². The lowest BCUT2D eigenvalue weighted by atomic mass is 10.0. The molecule has 2 aromatic heterocycles. The molecule has 0 saturated heterocycles. The highest BCUT2D eigenvalue weighted by molar-refractivity contribution is 5.95. The predicted molar refractivity (Wildman–Crippen MR) is 178 cm³/mol. The Bertz CT molecular complexity index is 1850. The zero-order valence-corrected chi connectivity index (χ0v) is 26.6. The van der Waals surface area contributed by atoms with Gasteiger partial charge in [0.15, 0.2) is 0 Å². The van der Waals surface area contributed by atoms with Crippen LogP contribution in [0, 0.1) is 6.92 Å². The smallest absolute Gasteiger partial charge is 0.271 e. The summed E-state index contributed by atoms with van der Waals surface area (Å²) in [7, 11) is 0. The van der Waals surface area contributed by atoms with Gasteiger partial charge in [-0.25, -0.2) is 4.98 Å². The largest absolute Gasteiger partial charge is 0.508 e. The summed E-state index contributed by atoms with van der Waals surface area (Å²) in [5.41, 5.74) is 8.05. The molecule has 4 aromatic rings. The molecule has 4 amide bonds. The number of phenolic OH excluding ortho intramolecular Hbond substituents is 1. The summed E-state index contributed by atoms with van der Waals surface area (Å²) < 4.78 is 0. The fourth-order valence-electron chi connectivity index (χ4n) is 5.73. The monoisotopic (exact) mass is 656 g/mol. The van der Waals surface area contributed by atoms with Gasteiger partial charge in [0.2, 0.25) is 23.6 Å². The fourth-order valence-corrected chi connectivity index (χ4v) is 5.73. The number of nitrogens with zero attached hydrogens (tertiary/aromatic N) is 1. The van der Waals surface area contributed by atoms with E-state index in [2.05, 4.69) is 36.2 Å². The molecule has 2 aliphatic rings. The zero-order valence-electron chi connectivity index (χ0n) is 26.6. The van der Waals surface area contributed by atoms with Gasteiger partial charge in [0.25, 0.3) is 5.56 Å². The number of aromatic amines is 2.